The van der Waals surface area contributed by atoms with Crippen LogP contribution in [0.15, 0.2) is 24.3 Å². The summed E-state index contributed by atoms with van der Waals surface area (Å²) in [6.07, 6.45) is 1.09. The number of amides is 2. The van der Waals surface area contributed by atoms with Gasteiger partial charge in [-0.25, -0.2) is 0 Å². The number of hydrogen-bond acceptors (Lipinski definition) is 6. The van der Waals surface area contributed by atoms with E-state index < -0.39 is 16.6 Å². The third-order valence-electron chi connectivity index (χ3n) is 5.15. The number of rotatable bonds is 1. The van der Waals surface area contributed by atoms with Gasteiger partial charge in [0.15, 0.2) is 5.79 Å². The van der Waals surface area contributed by atoms with Crippen molar-refractivity contribution in [2.24, 2.45) is 0 Å². The molecule has 1 aromatic carbocycles. The molecule has 3 aliphatic rings. The second-order valence-corrected chi connectivity index (χ2v) is 7.74. The van der Waals surface area contributed by atoms with Gasteiger partial charge in [-0.3, -0.25) is 14.5 Å². The molecule has 2 unspecified atom stereocenters. The van der Waals surface area contributed by atoms with Gasteiger partial charge in [0.1, 0.15) is 0 Å². The van der Waals surface area contributed by atoms with Gasteiger partial charge < -0.3 is 15.5 Å². The van der Waals surface area contributed by atoms with Crippen molar-refractivity contribution in [3.63, 3.8) is 0 Å². The lowest BCUT2D eigenvalue weighted by atomic mass is 9.82. The highest BCUT2D eigenvalue weighted by Gasteiger charge is 2.62. The number of thioether (sulfide) groups is 1. The average Bonchev–Trinajstić information content (AvgIpc) is 3.05. The SMILES string of the molecule is O=C1c2ccccc2C(=O)N1C1CCSC12CCNCC2(O)O. The van der Waals surface area contributed by atoms with Crippen molar-refractivity contribution in [1.29, 1.82) is 0 Å². The number of β-amino-alcohol motifs (C(OH)–C–C–N with tert-alkyl or cyclic N) is 2. The number of fused-ring (bicyclic) bond motifs is 1. The molecule has 3 heterocycles. The number of carbonyl (C=O) groups excluding carboxylic acids is 2. The third kappa shape index (κ3) is 1.94. The first-order chi connectivity index (χ1) is 11.0. The zero-order valence-corrected chi connectivity index (χ0v) is 13.3. The van der Waals surface area contributed by atoms with E-state index in [1.54, 1.807) is 24.3 Å². The highest BCUT2D eigenvalue weighted by atomic mass is 32.2. The molecule has 3 aliphatic heterocycles. The fourth-order valence-corrected chi connectivity index (χ4v) is 5.69. The van der Waals surface area contributed by atoms with Crippen LogP contribution in [0.3, 0.4) is 0 Å². The predicted molar refractivity (Wildman–Crippen MR) is 85.2 cm³/mol. The van der Waals surface area contributed by atoms with E-state index in [0.29, 0.717) is 36.3 Å². The Bertz CT molecular complexity index is 657. The van der Waals surface area contributed by atoms with E-state index in [1.807, 2.05) is 0 Å². The fourth-order valence-electron chi connectivity index (χ4n) is 4.02. The summed E-state index contributed by atoms with van der Waals surface area (Å²) >= 11 is 1.46. The standard InChI is InChI=1S/C16H18N2O4S/c19-13-10-3-1-2-4-11(10)14(20)18(13)12-5-8-23-15(12)6-7-17-9-16(15,21)22/h1-4,12,17,21-22H,5-9H2. The Labute approximate surface area is 137 Å². The van der Waals surface area contributed by atoms with Gasteiger partial charge in [0.25, 0.3) is 11.8 Å². The zero-order valence-electron chi connectivity index (χ0n) is 12.5. The third-order valence-corrected chi connectivity index (χ3v) is 6.91. The van der Waals surface area contributed by atoms with E-state index in [-0.39, 0.29) is 18.4 Å². The largest absolute Gasteiger partial charge is 0.363 e. The van der Waals surface area contributed by atoms with Crippen LogP contribution in [0.4, 0.5) is 0 Å². The van der Waals surface area contributed by atoms with E-state index >= 15 is 0 Å². The van der Waals surface area contributed by atoms with Crippen molar-refractivity contribution in [1.82, 2.24) is 10.2 Å². The van der Waals surface area contributed by atoms with Crippen molar-refractivity contribution < 1.29 is 19.8 Å². The molecule has 7 heteroatoms. The Morgan fingerprint density at radius 3 is 2.43 bits per heavy atom. The fraction of sp³-hybridized carbons (Fsp3) is 0.500. The summed E-state index contributed by atoms with van der Waals surface area (Å²) < 4.78 is -0.925. The van der Waals surface area contributed by atoms with Crippen LogP contribution in [0.5, 0.6) is 0 Å². The van der Waals surface area contributed by atoms with Crippen LogP contribution >= 0.6 is 11.8 Å². The van der Waals surface area contributed by atoms with Crippen LogP contribution in [0.2, 0.25) is 0 Å². The molecule has 2 amide bonds. The number of imide groups is 1. The molecule has 0 bridgehead atoms. The summed E-state index contributed by atoms with van der Waals surface area (Å²) in [7, 11) is 0. The lowest BCUT2D eigenvalue weighted by molar-refractivity contribution is -0.200. The molecule has 0 saturated carbocycles. The lowest BCUT2D eigenvalue weighted by Crippen LogP contribution is -2.69. The average molecular weight is 334 g/mol. The van der Waals surface area contributed by atoms with E-state index in [4.69, 9.17) is 0 Å². The van der Waals surface area contributed by atoms with Crippen LogP contribution in [-0.4, -0.2) is 62.3 Å². The highest BCUT2D eigenvalue weighted by Crippen LogP contribution is 2.51. The maximum atomic E-state index is 12.7. The smallest absolute Gasteiger partial charge is 0.261 e. The van der Waals surface area contributed by atoms with E-state index in [2.05, 4.69) is 5.32 Å². The van der Waals surface area contributed by atoms with Crippen LogP contribution in [0.25, 0.3) is 0 Å². The van der Waals surface area contributed by atoms with Crippen molar-refractivity contribution in [2.45, 2.75) is 29.4 Å². The van der Waals surface area contributed by atoms with Crippen LogP contribution in [-0.2, 0) is 0 Å². The number of nitrogens with one attached hydrogen (secondary N) is 1. The summed E-state index contributed by atoms with van der Waals surface area (Å²) in [4.78, 5) is 26.8. The first kappa shape index (κ1) is 15.1. The second-order valence-electron chi connectivity index (χ2n) is 6.31. The normalized spacial score (nSPS) is 32.6. The molecule has 1 aromatic rings. The predicted octanol–water partition coefficient (Wildman–Crippen LogP) is 0.201. The first-order valence-electron chi connectivity index (χ1n) is 7.74. The number of benzene rings is 1. The number of piperidine rings is 1. The molecule has 23 heavy (non-hydrogen) atoms. The van der Waals surface area contributed by atoms with Gasteiger partial charge >= 0.3 is 0 Å². The molecule has 2 atom stereocenters. The Hall–Kier alpha value is -1.41. The molecule has 0 radical (unpaired) electrons. The van der Waals surface area contributed by atoms with Crippen molar-refractivity contribution in [3.05, 3.63) is 35.4 Å². The van der Waals surface area contributed by atoms with Crippen LogP contribution in [0, 0.1) is 0 Å². The molecule has 6 nitrogen and oxygen atoms in total. The first-order valence-corrected chi connectivity index (χ1v) is 8.73. The Kier molecular flexibility index (Phi) is 3.32. The minimum absolute atomic E-state index is 0.0413. The summed E-state index contributed by atoms with van der Waals surface area (Å²) in [5, 5.41) is 24.1. The van der Waals surface area contributed by atoms with Gasteiger partial charge in [0.2, 0.25) is 0 Å². The molecule has 0 aliphatic carbocycles. The van der Waals surface area contributed by atoms with Gasteiger partial charge in [0, 0.05) is 0 Å². The lowest BCUT2D eigenvalue weighted by Gasteiger charge is -2.49. The second kappa shape index (κ2) is 5.04. The summed E-state index contributed by atoms with van der Waals surface area (Å²) in [6.45, 7) is 0.676. The summed E-state index contributed by atoms with van der Waals surface area (Å²) in [5.74, 6) is -1.91. The van der Waals surface area contributed by atoms with Gasteiger partial charge in [-0.1, -0.05) is 12.1 Å². The number of hydrogen-bond donors (Lipinski definition) is 3. The summed E-state index contributed by atoms with van der Waals surface area (Å²) in [5.41, 5.74) is 0.805. The molecule has 122 valence electrons. The van der Waals surface area contributed by atoms with E-state index in [9.17, 15) is 19.8 Å². The monoisotopic (exact) mass is 334 g/mol. The van der Waals surface area contributed by atoms with E-state index in [1.165, 1.54) is 16.7 Å². The molecule has 2 saturated heterocycles. The van der Waals surface area contributed by atoms with Crippen molar-refractivity contribution >= 4 is 23.6 Å². The summed E-state index contributed by atoms with van der Waals surface area (Å²) in [6, 6.07) is 6.27. The Morgan fingerprint density at radius 1 is 1.17 bits per heavy atom. The van der Waals surface area contributed by atoms with Crippen molar-refractivity contribution in [2.75, 3.05) is 18.8 Å². The number of carbonyl (C=O) groups is 2. The number of aliphatic hydroxyl groups is 2. The maximum absolute atomic E-state index is 12.7. The Morgan fingerprint density at radius 2 is 1.83 bits per heavy atom. The van der Waals surface area contributed by atoms with Crippen molar-refractivity contribution in [3.8, 4) is 0 Å². The quantitative estimate of drug-likeness (QED) is 0.502. The molecular weight excluding hydrogens is 316 g/mol. The minimum Gasteiger partial charge on any atom is -0.363 e. The van der Waals surface area contributed by atoms with Crippen LogP contribution < -0.4 is 5.32 Å². The molecule has 0 aromatic heterocycles. The van der Waals surface area contributed by atoms with Gasteiger partial charge in [-0.2, -0.15) is 0 Å². The van der Waals surface area contributed by atoms with E-state index in [0.717, 1.165) is 0 Å². The Balaban J connectivity index is 1.76. The van der Waals surface area contributed by atoms with Gasteiger partial charge in [0.05, 0.1) is 28.5 Å². The minimum atomic E-state index is -1.95. The maximum Gasteiger partial charge on any atom is 0.261 e. The molecule has 1 spiro atoms. The molecule has 2 fully saturated rings. The highest BCUT2D eigenvalue weighted by molar-refractivity contribution is 8.01. The molecule has 3 N–H and O–H groups in total. The number of nitrogens with zero attached hydrogens (tertiary/aromatic N) is 1. The molecular formula is C16H18N2O4S. The topological polar surface area (TPSA) is 89.9 Å². The zero-order chi connectivity index (χ0) is 16.2. The van der Waals surface area contributed by atoms with Crippen LogP contribution in [0.1, 0.15) is 33.6 Å². The molecule has 4 rings (SSSR count). The van der Waals surface area contributed by atoms with Gasteiger partial charge in [-0.05, 0) is 37.3 Å². The van der Waals surface area contributed by atoms with Gasteiger partial charge in [-0.15, -0.1) is 11.8 Å².